The third-order valence-electron chi connectivity index (χ3n) is 4.65. The Morgan fingerprint density at radius 2 is 1.81 bits per heavy atom. The summed E-state index contributed by atoms with van der Waals surface area (Å²) in [6.45, 7) is 10.9. The number of rotatable bonds is 3. The maximum absolute atomic E-state index is 3.50. The topological polar surface area (TPSA) is 15.3 Å². The number of likely N-dealkylation sites (N-methyl/N-ethyl adjacent to an activating group) is 1. The second-order valence-electron chi connectivity index (χ2n) is 6.37. The van der Waals surface area contributed by atoms with Gasteiger partial charge in [-0.2, -0.15) is 0 Å². The lowest BCUT2D eigenvalue weighted by Gasteiger charge is -2.42. The van der Waals surface area contributed by atoms with Crippen LogP contribution in [0.4, 0.5) is 0 Å². The van der Waals surface area contributed by atoms with E-state index in [1.165, 1.54) is 51.7 Å². The Bertz CT molecular complexity index is 209. The van der Waals surface area contributed by atoms with Crippen LogP contribution >= 0.6 is 0 Å². The Labute approximate surface area is 101 Å². The highest BCUT2D eigenvalue weighted by Gasteiger charge is 2.33. The zero-order valence-electron chi connectivity index (χ0n) is 11.3. The first kappa shape index (κ1) is 12.4. The van der Waals surface area contributed by atoms with E-state index in [4.69, 9.17) is 0 Å². The SMILES string of the molecule is CCN(C1CCC(C)(C)CC1)C1CCNC1. The van der Waals surface area contributed by atoms with E-state index in [1.54, 1.807) is 0 Å². The molecule has 1 aliphatic carbocycles. The van der Waals surface area contributed by atoms with Crippen LogP contribution in [0.5, 0.6) is 0 Å². The first-order valence-electron chi connectivity index (χ1n) is 7.09. The van der Waals surface area contributed by atoms with E-state index in [0.717, 1.165) is 12.1 Å². The molecule has 0 aromatic carbocycles. The fourth-order valence-corrected chi connectivity index (χ4v) is 3.45. The smallest absolute Gasteiger partial charge is 0.0235 e. The van der Waals surface area contributed by atoms with Gasteiger partial charge in [-0.1, -0.05) is 20.8 Å². The molecule has 16 heavy (non-hydrogen) atoms. The monoisotopic (exact) mass is 224 g/mol. The van der Waals surface area contributed by atoms with Crippen LogP contribution < -0.4 is 5.32 Å². The van der Waals surface area contributed by atoms with Crippen molar-refractivity contribution < 1.29 is 0 Å². The molecule has 0 bridgehead atoms. The number of nitrogens with one attached hydrogen (secondary N) is 1. The van der Waals surface area contributed by atoms with Crippen LogP contribution in [-0.4, -0.2) is 36.6 Å². The van der Waals surface area contributed by atoms with E-state index in [-0.39, 0.29) is 0 Å². The van der Waals surface area contributed by atoms with Crippen LogP contribution in [-0.2, 0) is 0 Å². The van der Waals surface area contributed by atoms with E-state index in [0.29, 0.717) is 5.41 Å². The highest BCUT2D eigenvalue weighted by molar-refractivity contribution is 4.89. The summed E-state index contributed by atoms with van der Waals surface area (Å²) in [6, 6.07) is 1.68. The van der Waals surface area contributed by atoms with Gasteiger partial charge in [0.05, 0.1) is 0 Å². The summed E-state index contributed by atoms with van der Waals surface area (Å²) in [5, 5.41) is 3.50. The minimum absolute atomic E-state index is 0.601. The maximum Gasteiger partial charge on any atom is 0.0235 e. The average molecular weight is 224 g/mol. The van der Waals surface area contributed by atoms with Gasteiger partial charge in [-0.25, -0.2) is 0 Å². The number of hydrogen-bond donors (Lipinski definition) is 1. The van der Waals surface area contributed by atoms with Crippen LogP contribution in [0.15, 0.2) is 0 Å². The third kappa shape index (κ3) is 2.78. The summed E-state index contributed by atoms with van der Waals surface area (Å²) in [5.41, 5.74) is 0.601. The molecule has 1 unspecified atom stereocenters. The number of nitrogens with zero attached hydrogens (tertiary/aromatic N) is 1. The van der Waals surface area contributed by atoms with Crippen LogP contribution in [0.2, 0.25) is 0 Å². The zero-order valence-corrected chi connectivity index (χ0v) is 11.3. The van der Waals surface area contributed by atoms with Crippen LogP contribution in [0.25, 0.3) is 0 Å². The van der Waals surface area contributed by atoms with E-state index in [9.17, 15) is 0 Å². The van der Waals surface area contributed by atoms with Crippen LogP contribution in [0, 0.1) is 5.41 Å². The quantitative estimate of drug-likeness (QED) is 0.793. The lowest BCUT2D eigenvalue weighted by atomic mass is 9.75. The fraction of sp³-hybridized carbons (Fsp3) is 1.00. The molecule has 1 saturated carbocycles. The summed E-state index contributed by atoms with van der Waals surface area (Å²) in [4.78, 5) is 2.77. The highest BCUT2D eigenvalue weighted by Crippen LogP contribution is 2.37. The van der Waals surface area contributed by atoms with Gasteiger partial charge in [0, 0.05) is 18.6 Å². The number of hydrogen-bond acceptors (Lipinski definition) is 2. The minimum Gasteiger partial charge on any atom is -0.315 e. The van der Waals surface area contributed by atoms with E-state index in [1.807, 2.05) is 0 Å². The average Bonchev–Trinajstić information content (AvgIpc) is 2.75. The van der Waals surface area contributed by atoms with Crippen molar-refractivity contribution in [3.63, 3.8) is 0 Å². The molecule has 2 heteroatoms. The molecule has 1 N–H and O–H groups in total. The van der Waals surface area contributed by atoms with Crippen molar-refractivity contribution in [1.82, 2.24) is 10.2 Å². The summed E-state index contributed by atoms with van der Waals surface area (Å²) < 4.78 is 0. The van der Waals surface area contributed by atoms with Crippen molar-refractivity contribution in [3.8, 4) is 0 Å². The predicted molar refractivity (Wildman–Crippen MR) is 69.7 cm³/mol. The van der Waals surface area contributed by atoms with Gasteiger partial charge < -0.3 is 5.32 Å². The first-order valence-corrected chi connectivity index (χ1v) is 7.09. The summed E-state index contributed by atoms with van der Waals surface area (Å²) in [6.07, 6.45) is 7.01. The molecular weight excluding hydrogens is 196 g/mol. The summed E-state index contributed by atoms with van der Waals surface area (Å²) in [5.74, 6) is 0. The van der Waals surface area contributed by atoms with Gasteiger partial charge in [0.15, 0.2) is 0 Å². The molecular formula is C14H28N2. The van der Waals surface area contributed by atoms with Gasteiger partial charge >= 0.3 is 0 Å². The minimum atomic E-state index is 0.601. The lowest BCUT2D eigenvalue weighted by Crippen LogP contribution is -2.46. The molecule has 2 aliphatic rings. The molecule has 2 nitrogen and oxygen atoms in total. The fourth-order valence-electron chi connectivity index (χ4n) is 3.45. The molecule has 1 heterocycles. The van der Waals surface area contributed by atoms with E-state index >= 15 is 0 Å². The van der Waals surface area contributed by atoms with Gasteiger partial charge in [-0.3, -0.25) is 4.90 Å². The maximum atomic E-state index is 3.50. The second kappa shape index (κ2) is 5.05. The lowest BCUT2D eigenvalue weighted by molar-refractivity contribution is 0.0819. The van der Waals surface area contributed by atoms with Crippen LogP contribution in [0.1, 0.15) is 52.9 Å². The van der Waals surface area contributed by atoms with Crippen molar-refractivity contribution in [3.05, 3.63) is 0 Å². The van der Waals surface area contributed by atoms with E-state index in [2.05, 4.69) is 31.0 Å². The molecule has 2 rings (SSSR count). The largest absolute Gasteiger partial charge is 0.315 e. The normalized spacial score (nSPS) is 31.1. The molecule has 0 radical (unpaired) electrons. The standard InChI is InChI=1S/C14H28N2/c1-4-16(13-7-10-15-11-13)12-5-8-14(2,3)9-6-12/h12-13,15H,4-11H2,1-3H3. The van der Waals surface area contributed by atoms with Crippen molar-refractivity contribution in [1.29, 1.82) is 0 Å². The van der Waals surface area contributed by atoms with Gasteiger partial charge in [0.2, 0.25) is 0 Å². The highest BCUT2D eigenvalue weighted by atomic mass is 15.2. The van der Waals surface area contributed by atoms with Gasteiger partial charge in [-0.15, -0.1) is 0 Å². The molecule has 1 aliphatic heterocycles. The van der Waals surface area contributed by atoms with E-state index < -0.39 is 0 Å². The molecule has 0 spiro atoms. The Morgan fingerprint density at radius 1 is 1.12 bits per heavy atom. The predicted octanol–water partition coefficient (Wildman–Crippen LogP) is 2.64. The zero-order chi connectivity index (χ0) is 11.6. The summed E-state index contributed by atoms with van der Waals surface area (Å²) >= 11 is 0. The van der Waals surface area contributed by atoms with Crippen LogP contribution in [0.3, 0.4) is 0 Å². The first-order chi connectivity index (χ1) is 7.62. The Morgan fingerprint density at radius 3 is 2.31 bits per heavy atom. The molecule has 94 valence electrons. The molecule has 0 aromatic heterocycles. The van der Waals surface area contributed by atoms with Gasteiger partial charge in [-0.05, 0) is 50.6 Å². The van der Waals surface area contributed by atoms with Crippen molar-refractivity contribution >= 4 is 0 Å². The van der Waals surface area contributed by atoms with Gasteiger partial charge in [0.25, 0.3) is 0 Å². The van der Waals surface area contributed by atoms with Gasteiger partial charge in [0.1, 0.15) is 0 Å². The second-order valence-corrected chi connectivity index (χ2v) is 6.37. The Hall–Kier alpha value is -0.0800. The molecule has 0 aromatic rings. The molecule has 0 amide bonds. The third-order valence-corrected chi connectivity index (χ3v) is 4.65. The van der Waals surface area contributed by atoms with Crippen molar-refractivity contribution in [2.24, 2.45) is 5.41 Å². The molecule has 2 fully saturated rings. The molecule has 1 saturated heterocycles. The Kier molecular flexibility index (Phi) is 3.91. The summed E-state index contributed by atoms with van der Waals surface area (Å²) in [7, 11) is 0. The Balaban J connectivity index is 1.90. The van der Waals surface area contributed by atoms with Crippen molar-refractivity contribution in [2.45, 2.75) is 65.0 Å². The van der Waals surface area contributed by atoms with Crippen molar-refractivity contribution in [2.75, 3.05) is 19.6 Å². The molecule has 1 atom stereocenters.